The number of rotatable bonds is 4. The molecule has 1 aliphatic rings. The van der Waals surface area contributed by atoms with Gasteiger partial charge in [-0.3, -0.25) is 9.59 Å². The lowest BCUT2D eigenvalue weighted by Crippen LogP contribution is -2.50. The van der Waals surface area contributed by atoms with Gasteiger partial charge in [0.25, 0.3) is 5.91 Å². The van der Waals surface area contributed by atoms with Crippen LogP contribution in [-0.4, -0.2) is 59.5 Å². The molecule has 0 aliphatic carbocycles. The Kier molecular flexibility index (Phi) is 5.32. The third-order valence-corrected chi connectivity index (χ3v) is 6.45. The zero-order chi connectivity index (χ0) is 20.5. The van der Waals surface area contributed by atoms with Crippen molar-refractivity contribution in [2.24, 2.45) is 0 Å². The summed E-state index contributed by atoms with van der Waals surface area (Å²) >= 11 is 1.70. The first-order chi connectivity index (χ1) is 14.0. The van der Waals surface area contributed by atoms with Crippen molar-refractivity contribution >= 4 is 33.4 Å². The minimum Gasteiger partial charge on any atom is -0.496 e. The van der Waals surface area contributed by atoms with Crippen LogP contribution in [0.25, 0.3) is 10.2 Å². The van der Waals surface area contributed by atoms with E-state index in [1.807, 2.05) is 35.2 Å². The van der Waals surface area contributed by atoms with Gasteiger partial charge in [-0.2, -0.15) is 0 Å². The van der Waals surface area contributed by atoms with Crippen LogP contribution < -0.4 is 4.74 Å². The van der Waals surface area contributed by atoms with Gasteiger partial charge < -0.3 is 19.1 Å². The summed E-state index contributed by atoms with van der Waals surface area (Å²) < 4.78 is 8.73. The molecule has 1 saturated heterocycles. The lowest BCUT2D eigenvalue weighted by molar-refractivity contribution is -0.130. The summed E-state index contributed by atoms with van der Waals surface area (Å²) in [6.45, 7) is 6.52. The average Bonchev–Trinajstić information content (AvgIpc) is 3.24. The Morgan fingerprint density at radius 2 is 1.76 bits per heavy atom. The maximum absolute atomic E-state index is 13.4. The summed E-state index contributed by atoms with van der Waals surface area (Å²) in [6.07, 6.45) is 0. The van der Waals surface area contributed by atoms with E-state index in [2.05, 4.69) is 17.6 Å². The van der Waals surface area contributed by atoms with Crippen LogP contribution in [0.1, 0.15) is 27.9 Å². The fourth-order valence-electron chi connectivity index (χ4n) is 3.90. The third kappa shape index (κ3) is 3.74. The van der Waals surface area contributed by atoms with Crippen molar-refractivity contribution in [1.29, 1.82) is 0 Å². The van der Waals surface area contributed by atoms with Crippen molar-refractivity contribution in [3.8, 4) is 5.75 Å². The molecular formula is C22H25N3O3S. The van der Waals surface area contributed by atoms with E-state index in [0.29, 0.717) is 38.4 Å². The van der Waals surface area contributed by atoms with Crippen molar-refractivity contribution < 1.29 is 14.3 Å². The number of nitrogens with zero attached hydrogens (tertiary/aromatic N) is 3. The first-order valence-electron chi connectivity index (χ1n) is 9.74. The Hall–Kier alpha value is -2.80. The molecule has 1 aliphatic heterocycles. The lowest BCUT2D eigenvalue weighted by atomic mass is 10.2. The van der Waals surface area contributed by atoms with E-state index in [1.54, 1.807) is 30.3 Å². The molecule has 6 nitrogen and oxygen atoms in total. The first kappa shape index (κ1) is 19.5. The van der Waals surface area contributed by atoms with Crippen LogP contribution in [0.15, 0.2) is 36.4 Å². The molecule has 0 saturated carbocycles. The minimum atomic E-state index is 0.0177. The number of aromatic nitrogens is 1. The predicted molar refractivity (Wildman–Crippen MR) is 115 cm³/mol. The van der Waals surface area contributed by atoms with E-state index in [9.17, 15) is 9.59 Å². The Morgan fingerprint density at radius 3 is 2.45 bits per heavy atom. The van der Waals surface area contributed by atoms with Crippen LogP contribution in [-0.2, 0) is 11.3 Å². The maximum atomic E-state index is 13.4. The molecule has 0 radical (unpaired) electrons. The highest BCUT2D eigenvalue weighted by Gasteiger charge is 2.27. The van der Waals surface area contributed by atoms with Crippen LogP contribution in [0, 0.1) is 6.92 Å². The largest absolute Gasteiger partial charge is 0.496 e. The molecular weight excluding hydrogens is 386 g/mol. The number of piperazine rings is 1. The molecule has 0 bridgehead atoms. The number of methoxy groups -OCH3 is 1. The van der Waals surface area contributed by atoms with Crippen LogP contribution in [0.2, 0.25) is 0 Å². The molecule has 2 amide bonds. The van der Waals surface area contributed by atoms with Gasteiger partial charge in [-0.1, -0.05) is 18.2 Å². The molecule has 3 heterocycles. The minimum absolute atomic E-state index is 0.0177. The van der Waals surface area contributed by atoms with Gasteiger partial charge in [0.2, 0.25) is 5.91 Å². The highest BCUT2D eigenvalue weighted by molar-refractivity contribution is 7.19. The van der Waals surface area contributed by atoms with Crippen molar-refractivity contribution in [3.05, 3.63) is 52.5 Å². The molecule has 29 heavy (non-hydrogen) atoms. The van der Waals surface area contributed by atoms with Gasteiger partial charge in [-0.15, -0.1) is 11.3 Å². The number of hydrogen-bond acceptors (Lipinski definition) is 4. The summed E-state index contributed by atoms with van der Waals surface area (Å²) in [7, 11) is 1.67. The summed E-state index contributed by atoms with van der Waals surface area (Å²) in [5, 5.41) is 0. The summed E-state index contributed by atoms with van der Waals surface area (Å²) in [4.78, 5) is 29.8. The molecule has 0 unspecified atom stereocenters. The van der Waals surface area contributed by atoms with Crippen molar-refractivity contribution in [2.45, 2.75) is 20.4 Å². The van der Waals surface area contributed by atoms with E-state index in [4.69, 9.17) is 4.74 Å². The summed E-state index contributed by atoms with van der Waals surface area (Å²) in [5.41, 5.74) is 2.80. The standard InChI is InChI=1S/C22H25N3O3S/c1-15-12-18-21(29-15)13-19(22(27)24-10-8-23(9-11-24)16(2)26)25(18)14-17-6-4-5-7-20(17)28-3/h4-7,12-13H,8-11,14H2,1-3H3. The zero-order valence-corrected chi connectivity index (χ0v) is 17.8. The number of para-hydroxylation sites is 1. The van der Waals surface area contributed by atoms with Crippen LogP contribution in [0.3, 0.4) is 0 Å². The van der Waals surface area contributed by atoms with Gasteiger partial charge in [-0.05, 0) is 25.1 Å². The normalized spacial score (nSPS) is 14.4. The fourth-order valence-corrected chi connectivity index (χ4v) is 4.86. The lowest BCUT2D eigenvalue weighted by Gasteiger charge is -2.34. The number of carbonyl (C=O) groups is 2. The van der Waals surface area contributed by atoms with Gasteiger partial charge >= 0.3 is 0 Å². The van der Waals surface area contributed by atoms with Gasteiger partial charge in [-0.25, -0.2) is 0 Å². The molecule has 0 spiro atoms. The molecule has 2 aromatic heterocycles. The zero-order valence-electron chi connectivity index (χ0n) is 17.0. The monoisotopic (exact) mass is 411 g/mol. The Morgan fingerprint density at radius 1 is 1.07 bits per heavy atom. The van der Waals surface area contributed by atoms with Crippen molar-refractivity contribution in [3.63, 3.8) is 0 Å². The predicted octanol–water partition coefficient (Wildman–Crippen LogP) is 3.37. The van der Waals surface area contributed by atoms with E-state index in [-0.39, 0.29) is 11.8 Å². The summed E-state index contributed by atoms with van der Waals surface area (Å²) in [6, 6.07) is 12.0. The van der Waals surface area contributed by atoms with Crippen molar-refractivity contribution in [2.75, 3.05) is 33.3 Å². The van der Waals surface area contributed by atoms with Crippen LogP contribution in [0.4, 0.5) is 0 Å². The topological polar surface area (TPSA) is 54.8 Å². The van der Waals surface area contributed by atoms with E-state index < -0.39 is 0 Å². The highest BCUT2D eigenvalue weighted by atomic mass is 32.1. The molecule has 152 valence electrons. The van der Waals surface area contributed by atoms with Crippen LogP contribution in [0.5, 0.6) is 5.75 Å². The highest BCUT2D eigenvalue weighted by Crippen LogP contribution is 2.31. The number of amides is 2. The van der Waals surface area contributed by atoms with Gasteiger partial charge in [0.15, 0.2) is 0 Å². The van der Waals surface area contributed by atoms with E-state index in [1.165, 1.54) is 4.88 Å². The first-order valence-corrected chi connectivity index (χ1v) is 10.6. The second kappa shape index (κ2) is 7.91. The van der Waals surface area contributed by atoms with Gasteiger partial charge in [0.1, 0.15) is 11.4 Å². The molecule has 0 N–H and O–H groups in total. The van der Waals surface area contributed by atoms with E-state index in [0.717, 1.165) is 21.5 Å². The average molecular weight is 412 g/mol. The smallest absolute Gasteiger partial charge is 0.270 e. The number of carbonyl (C=O) groups excluding carboxylic acids is 2. The van der Waals surface area contributed by atoms with Gasteiger partial charge in [0.05, 0.1) is 23.9 Å². The number of benzene rings is 1. The Bertz CT molecular complexity index is 1060. The third-order valence-electron chi connectivity index (χ3n) is 5.47. The van der Waals surface area contributed by atoms with E-state index >= 15 is 0 Å². The molecule has 7 heteroatoms. The SMILES string of the molecule is COc1ccccc1Cn1c(C(=O)N2CCN(C(C)=O)CC2)cc2sc(C)cc21. The fraction of sp³-hybridized carbons (Fsp3) is 0.364. The number of hydrogen-bond donors (Lipinski definition) is 0. The Balaban J connectivity index is 1.67. The number of ether oxygens (including phenoxy) is 1. The second-order valence-corrected chi connectivity index (χ2v) is 8.62. The second-order valence-electron chi connectivity index (χ2n) is 7.33. The Labute approximate surface area is 174 Å². The summed E-state index contributed by atoms with van der Waals surface area (Å²) in [5.74, 6) is 0.895. The molecule has 4 rings (SSSR count). The molecule has 0 atom stereocenters. The number of thiophene rings is 1. The van der Waals surface area contributed by atoms with Gasteiger partial charge in [0, 0.05) is 43.5 Å². The number of aryl methyl sites for hydroxylation is 1. The number of fused-ring (bicyclic) bond motifs is 1. The molecule has 3 aromatic rings. The molecule has 1 aromatic carbocycles. The quantitative estimate of drug-likeness (QED) is 0.661. The maximum Gasteiger partial charge on any atom is 0.270 e. The van der Waals surface area contributed by atoms with Crippen molar-refractivity contribution in [1.82, 2.24) is 14.4 Å². The van der Waals surface area contributed by atoms with Crippen LogP contribution >= 0.6 is 11.3 Å². The molecule has 1 fully saturated rings.